The van der Waals surface area contributed by atoms with Crippen molar-refractivity contribution in [2.75, 3.05) is 32.6 Å². The van der Waals surface area contributed by atoms with E-state index in [2.05, 4.69) is 46.8 Å². The topological polar surface area (TPSA) is 54.9 Å². The SMILES string of the molecule is CCOc1cc(NC(=NC)NCCc2ccccc2C)ccc1OC. The van der Waals surface area contributed by atoms with E-state index in [1.807, 2.05) is 25.1 Å². The van der Waals surface area contributed by atoms with Crippen LogP contribution < -0.4 is 20.1 Å². The zero-order chi connectivity index (χ0) is 18.1. The smallest absolute Gasteiger partial charge is 0.195 e. The fourth-order valence-corrected chi connectivity index (χ4v) is 2.54. The van der Waals surface area contributed by atoms with Crippen LogP contribution in [0.5, 0.6) is 11.5 Å². The van der Waals surface area contributed by atoms with Crippen LogP contribution in [-0.2, 0) is 6.42 Å². The number of nitrogens with zero attached hydrogens (tertiary/aromatic N) is 1. The van der Waals surface area contributed by atoms with Crippen molar-refractivity contribution in [2.24, 2.45) is 4.99 Å². The number of ether oxygens (including phenoxy) is 2. The predicted octanol–water partition coefficient (Wildman–Crippen LogP) is 3.63. The van der Waals surface area contributed by atoms with Gasteiger partial charge in [0.25, 0.3) is 0 Å². The summed E-state index contributed by atoms with van der Waals surface area (Å²) >= 11 is 0. The molecule has 2 aromatic carbocycles. The lowest BCUT2D eigenvalue weighted by Gasteiger charge is -2.15. The van der Waals surface area contributed by atoms with Crippen LogP contribution in [0.25, 0.3) is 0 Å². The molecular formula is C20H27N3O2. The largest absolute Gasteiger partial charge is 0.493 e. The maximum absolute atomic E-state index is 5.61. The minimum atomic E-state index is 0.587. The Morgan fingerprint density at radius 2 is 1.92 bits per heavy atom. The van der Waals surface area contributed by atoms with Gasteiger partial charge in [0, 0.05) is 25.3 Å². The molecule has 2 aromatic rings. The van der Waals surface area contributed by atoms with E-state index in [0.717, 1.165) is 30.4 Å². The first-order valence-electron chi connectivity index (χ1n) is 8.51. The number of methoxy groups -OCH3 is 1. The second-order valence-electron chi connectivity index (χ2n) is 5.60. The maximum Gasteiger partial charge on any atom is 0.195 e. The summed E-state index contributed by atoms with van der Waals surface area (Å²) < 4.78 is 10.9. The summed E-state index contributed by atoms with van der Waals surface area (Å²) in [4.78, 5) is 4.28. The Bertz CT molecular complexity index is 714. The summed E-state index contributed by atoms with van der Waals surface area (Å²) in [6.07, 6.45) is 0.945. The molecule has 0 aliphatic rings. The van der Waals surface area contributed by atoms with E-state index in [9.17, 15) is 0 Å². The minimum absolute atomic E-state index is 0.587. The first-order valence-corrected chi connectivity index (χ1v) is 8.51. The van der Waals surface area contributed by atoms with Gasteiger partial charge in [0.1, 0.15) is 0 Å². The molecule has 0 heterocycles. The second-order valence-corrected chi connectivity index (χ2v) is 5.60. The molecule has 0 aliphatic carbocycles. The Morgan fingerprint density at radius 1 is 1.12 bits per heavy atom. The molecule has 5 nitrogen and oxygen atoms in total. The molecule has 0 fully saturated rings. The average Bonchev–Trinajstić information content (AvgIpc) is 2.63. The number of guanidine groups is 1. The third-order valence-electron chi connectivity index (χ3n) is 3.90. The maximum atomic E-state index is 5.61. The third kappa shape index (κ3) is 5.41. The van der Waals surface area contributed by atoms with Crippen molar-refractivity contribution in [3.8, 4) is 11.5 Å². The molecule has 0 aliphatic heterocycles. The lowest BCUT2D eigenvalue weighted by molar-refractivity contribution is 0.311. The molecular weight excluding hydrogens is 314 g/mol. The first kappa shape index (κ1) is 18.6. The van der Waals surface area contributed by atoms with E-state index in [1.165, 1.54) is 11.1 Å². The van der Waals surface area contributed by atoms with E-state index in [4.69, 9.17) is 9.47 Å². The van der Waals surface area contributed by atoms with Gasteiger partial charge in [-0.05, 0) is 43.5 Å². The molecule has 0 unspecified atom stereocenters. The molecule has 25 heavy (non-hydrogen) atoms. The molecule has 0 amide bonds. The van der Waals surface area contributed by atoms with Gasteiger partial charge >= 0.3 is 0 Å². The van der Waals surface area contributed by atoms with Crippen LogP contribution in [0.3, 0.4) is 0 Å². The van der Waals surface area contributed by atoms with E-state index in [0.29, 0.717) is 12.4 Å². The molecule has 2 N–H and O–H groups in total. The number of nitrogens with one attached hydrogen (secondary N) is 2. The molecule has 0 saturated carbocycles. The van der Waals surface area contributed by atoms with Crippen LogP contribution in [0.4, 0.5) is 5.69 Å². The van der Waals surface area contributed by atoms with Gasteiger partial charge in [-0.25, -0.2) is 0 Å². The predicted molar refractivity (Wildman–Crippen MR) is 104 cm³/mol. The Kier molecular flexibility index (Phi) is 7.14. The normalized spacial score (nSPS) is 11.1. The highest BCUT2D eigenvalue weighted by Crippen LogP contribution is 2.30. The van der Waals surface area contributed by atoms with Crippen LogP contribution in [0, 0.1) is 6.92 Å². The monoisotopic (exact) mass is 341 g/mol. The van der Waals surface area contributed by atoms with Gasteiger partial charge in [-0.1, -0.05) is 24.3 Å². The van der Waals surface area contributed by atoms with Crippen molar-refractivity contribution in [2.45, 2.75) is 20.3 Å². The fraction of sp³-hybridized carbons (Fsp3) is 0.350. The summed E-state index contributed by atoms with van der Waals surface area (Å²) in [7, 11) is 3.40. The van der Waals surface area contributed by atoms with Gasteiger partial charge in [-0.15, -0.1) is 0 Å². The number of benzene rings is 2. The average molecular weight is 341 g/mol. The zero-order valence-corrected chi connectivity index (χ0v) is 15.4. The van der Waals surface area contributed by atoms with Crippen LogP contribution in [0.2, 0.25) is 0 Å². The molecule has 0 radical (unpaired) electrons. The van der Waals surface area contributed by atoms with E-state index in [1.54, 1.807) is 14.2 Å². The van der Waals surface area contributed by atoms with Crippen LogP contribution >= 0.6 is 0 Å². The van der Waals surface area contributed by atoms with E-state index < -0.39 is 0 Å². The number of rotatable bonds is 7. The molecule has 5 heteroatoms. The molecule has 0 atom stereocenters. The Balaban J connectivity index is 1.95. The Morgan fingerprint density at radius 3 is 2.60 bits per heavy atom. The van der Waals surface area contributed by atoms with Crippen molar-refractivity contribution in [3.63, 3.8) is 0 Å². The van der Waals surface area contributed by atoms with Gasteiger partial charge in [0.05, 0.1) is 13.7 Å². The van der Waals surface area contributed by atoms with Crippen LogP contribution in [0.1, 0.15) is 18.1 Å². The fourth-order valence-electron chi connectivity index (χ4n) is 2.54. The number of aliphatic imine (C=N–C) groups is 1. The van der Waals surface area contributed by atoms with Gasteiger partial charge < -0.3 is 20.1 Å². The van der Waals surface area contributed by atoms with Gasteiger partial charge in [0.2, 0.25) is 0 Å². The van der Waals surface area contributed by atoms with Crippen LogP contribution in [0.15, 0.2) is 47.5 Å². The lowest BCUT2D eigenvalue weighted by Crippen LogP contribution is -2.32. The van der Waals surface area contributed by atoms with Crippen molar-refractivity contribution < 1.29 is 9.47 Å². The summed E-state index contributed by atoms with van der Waals surface area (Å²) in [5.41, 5.74) is 3.55. The molecule has 0 saturated heterocycles. The quantitative estimate of drug-likeness (QED) is 0.596. The molecule has 0 bridgehead atoms. The summed E-state index contributed by atoms with van der Waals surface area (Å²) in [6, 6.07) is 14.2. The highest BCUT2D eigenvalue weighted by molar-refractivity contribution is 5.93. The summed E-state index contributed by atoms with van der Waals surface area (Å²) in [5.74, 6) is 2.15. The summed E-state index contributed by atoms with van der Waals surface area (Å²) in [6.45, 7) is 5.48. The highest BCUT2D eigenvalue weighted by atomic mass is 16.5. The lowest BCUT2D eigenvalue weighted by atomic mass is 10.1. The van der Waals surface area contributed by atoms with Crippen molar-refractivity contribution in [1.82, 2.24) is 5.32 Å². The second kappa shape index (κ2) is 9.57. The number of hydrogen-bond donors (Lipinski definition) is 2. The standard InChI is InChI=1S/C20H27N3O2/c1-5-25-19-14-17(10-11-18(19)24-4)23-20(21-3)22-13-12-16-9-7-6-8-15(16)2/h6-11,14H,5,12-13H2,1-4H3,(H2,21,22,23). The number of hydrogen-bond acceptors (Lipinski definition) is 3. The molecule has 0 aromatic heterocycles. The van der Waals surface area contributed by atoms with Gasteiger partial charge in [-0.2, -0.15) is 0 Å². The zero-order valence-electron chi connectivity index (χ0n) is 15.4. The minimum Gasteiger partial charge on any atom is -0.493 e. The van der Waals surface area contributed by atoms with E-state index >= 15 is 0 Å². The number of aryl methyl sites for hydroxylation is 1. The van der Waals surface area contributed by atoms with Crippen LogP contribution in [-0.4, -0.2) is 33.3 Å². The third-order valence-corrected chi connectivity index (χ3v) is 3.90. The Hall–Kier alpha value is -2.69. The van der Waals surface area contributed by atoms with Crippen molar-refractivity contribution in [3.05, 3.63) is 53.6 Å². The summed E-state index contributed by atoms with van der Waals surface area (Å²) in [5, 5.41) is 6.62. The van der Waals surface area contributed by atoms with Gasteiger partial charge in [-0.3, -0.25) is 4.99 Å². The first-order chi connectivity index (χ1) is 12.2. The molecule has 0 spiro atoms. The molecule has 134 valence electrons. The van der Waals surface area contributed by atoms with E-state index in [-0.39, 0.29) is 0 Å². The number of anilines is 1. The van der Waals surface area contributed by atoms with Crippen molar-refractivity contribution in [1.29, 1.82) is 0 Å². The Labute approximate surface area is 150 Å². The van der Waals surface area contributed by atoms with Crippen molar-refractivity contribution >= 4 is 11.6 Å². The van der Waals surface area contributed by atoms with Gasteiger partial charge in [0.15, 0.2) is 17.5 Å². The highest BCUT2D eigenvalue weighted by Gasteiger charge is 2.07. The molecule has 2 rings (SSSR count).